The van der Waals surface area contributed by atoms with Crippen molar-refractivity contribution in [3.05, 3.63) is 51.8 Å². The molecule has 7 nitrogen and oxygen atoms in total. The van der Waals surface area contributed by atoms with E-state index in [9.17, 15) is 9.59 Å². The third-order valence-electron chi connectivity index (χ3n) is 4.96. The zero-order valence-electron chi connectivity index (χ0n) is 15.8. The van der Waals surface area contributed by atoms with E-state index in [2.05, 4.69) is 15.5 Å². The second-order valence-corrected chi connectivity index (χ2v) is 7.22. The number of aryl methyl sites for hydroxylation is 1. The van der Waals surface area contributed by atoms with Gasteiger partial charge in [0.2, 0.25) is 0 Å². The summed E-state index contributed by atoms with van der Waals surface area (Å²) in [6.07, 6.45) is 2.01. The first-order chi connectivity index (χ1) is 12.8. The predicted molar refractivity (Wildman–Crippen MR) is 104 cm³/mol. The molecule has 1 aliphatic heterocycles. The van der Waals surface area contributed by atoms with Crippen LogP contribution < -0.4 is 5.32 Å². The number of hydrazone groups is 1. The second kappa shape index (κ2) is 7.15. The molecule has 1 N–H and O–H groups in total. The van der Waals surface area contributed by atoms with Crippen LogP contribution in [0.3, 0.4) is 0 Å². The van der Waals surface area contributed by atoms with Crippen LogP contribution in [0.2, 0.25) is 5.02 Å². The minimum absolute atomic E-state index is 0.356. The summed E-state index contributed by atoms with van der Waals surface area (Å²) >= 11 is 6.24. The zero-order valence-corrected chi connectivity index (χ0v) is 16.5. The number of urea groups is 1. The maximum atomic E-state index is 12.4. The Morgan fingerprint density at radius 3 is 2.63 bits per heavy atom. The van der Waals surface area contributed by atoms with Gasteiger partial charge in [-0.1, -0.05) is 36.7 Å². The molecule has 1 aromatic heterocycles. The summed E-state index contributed by atoms with van der Waals surface area (Å²) in [7, 11) is 0. The Bertz CT molecular complexity index is 936. The molecular weight excluding hydrogens is 366 g/mol. The monoisotopic (exact) mass is 387 g/mol. The lowest BCUT2D eigenvalue weighted by molar-refractivity contribution is -0.130. The van der Waals surface area contributed by atoms with Crippen LogP contribution in [0.25, 0.3) is 0 Å². The van der Waals surface area contributed by atoms with Crippen LogP contribution in [0.15, 0.2) is 29.4 Å². The van der Waals surface area contributed by atoms with E-state index >= 15 is 0 Å². The van der Waals surface area contributed by atoms with Crippen molar-refractivity contribution >= 4 is 29.8 Å². The molecular formula is C19H22ClN5O2. The fourth-order valence-electron chi connectivity index (χ4n) is 2.97. The maximum absolute atomic E-state index is 12.4. The van der Waals surface area contributed by atoms with Crippen molar-refractivity contribution in [1.82, 2.24) is 20.1 Å². The lowest BCUT2D eigenvalue weighted by atomic mass is 10.00. The summed E-state index contributed by atoms with van der Waals surface area (Å²) < 4.78 is 1.83. The normalized spacial score (nSPS) is 20.0. The molecule has 3 amide bonds. The lowest BCUT2D eigenvalue weighted by Crippen LogP contribution is -2.42. The van der Waals surface area contributed by atoms with Crippen LogP contribution in [0, 0.1) is 13.8 Å². The SMILES string of the molecule is CCC1(C)NC(=O)N(/N=C/c2c(C)nn(Cc3ccccc3Cl)c2C)C1=O. The van der Waals surface area contributed by atoms with Crippen LogP contribution in [0.5, 0.6) is 0 Å². The quantitative estimate of drug-likeness (QED) is 0.631. The van der Waals surface area contributed by atoms with Crippen LogP contribution in [-0.2, 0) is 11.3 Å². The first-order valence-electron chi connectivity index (χ1n) is 8.75. The number of benzene rings is 1. The highest BCUT2D eigenvalue weighted by atomic mass is 35.5. The van der Waals surface area contributed by atoms with E-state index in [1.54, 1.807) is 6.92 Å². The highest BCUT2D eigenvalue weighted by molar-refractivity contribution is 6.31. The Morgan fingerprint density at radius 2 is 2.00 bits per heavy atom. The summed E-state index contributed by atoms with van der Waals surface area (Å²) in [5.74, 6) is -0.356. The van der Waals surface area contributed by atoms with E-state index in [1.165, 1.54) is 6.21 Å². The Kier molecular flexibility index (Phi) is 5.06. The topological polar surface area (TPSA) is 79.6 Å². The van der Waals surface area contributed by atoms with Gasteiger partial charge in [0.25, 0.3) is 5.91 Å². The molecule has 1 aliphatic rings. The van der Waals surface area contributed by atoms with E-state index in [-0.39, 0.29) is 5.91 Å². The van der Waals surface area contributed by atoms with Gasteiger partial charge in [-0.05, 0) is 38.8 Å². The Morgan fingerprint density at radius 1 is 1.30 bits per heavy atom. The predicted octanol–water partition coefficient (Wildman–Crippen LogP) is 3.26. The van der Waals surface area contributed by atoms with Crippen LogP contribution in [-0.4, -0.2) is 38.5 Å². The highest BCUT2D eigenvalue weighted by Crippen LogP contribution is 2.22. The third-order valence-corrected chi connectivity index (χ3v) is 5.33. The fourth-order valence-corrected chi connectivity index (χ4v) is 3.16. The van der Waals surface area contributed by atoms with E-state index in [0.29, 0.717) is 18.0 Å². The molecule has 1 aromatic carbocycles. The number of amides is 3. The Labute approximate surface area is 163 Å². The average Bonchev–Trinajstić information content (AvgIpc) is 3.02. The molecule has 3 rings (SSSR count). The van der Waals surface area contributed by atoms with Crippen LogP contribution >= 0.6 is 11.6 Å². The number of rotatable bonds is 5. The number of halogens is 1. The maximum Gasteiger partial charge on any atom is 0.346 e. The number of carbonyl (C=O) groups excluding carboxylic acids is 2. The van der Waals surface area contributed by atoms with Crippen molar-refractivity contribution in [2.24, 2.45) is 5.10 Å². The first kappa shape index (κ1) is 19.1. The summed E-state index contributed by atoms with van der Waals surface area (Å²) in [6, 6.07) is 7.09. The van der Waals surface area contributed by atoms with Crippen LogP contribution in [0.1, 0.15) is 42.8 Å². The van der Waals surface area contributed by atoms with Crippen molar-refractivity contribution in [3.63, 3.8) is 0 Å². The number of aromatic nitrogens is 2. The molecule has 0 bridgehead atoms. The molecule has 1 fully saturated rings. The van der Waals surface area contributed by atoms with Crippen LogP contribution in [0.4, 0.5) is 4.79 Å². The standard InChI is InChI=1S/C19H22ClN5O2/c1-5-19(4)17(26)25(18(27)22-19)21-10-15-12(2)23-24(13(15)3)11-14-8-6-7-9-16(14)20/h6-10H,5,11H2,1-4H3,(H,22,27)/b21-10+. The largest absolute Gasteiger partial charge is 0.346 e. The smallest absolute Gasteiger partial charge is 0.322 e. The highest BCUT2D eigenvalue weighted by Gasteiger charge is 2.46. The van der Waals surface area contributed by atoms with Crippen molar-refractivity contribution in [3.8, 4) is 0 Å². The molecule has 1 saturated heterocycles. The average molecular weight is 388 g/mol. The Hall–Kier alpha value is -2.67. The molecule has 142 valence electrons. The van der Waals surface area contributed by atoms with Gasteiger partial charge in [0.05, 0.1) is 18.5 Å². The van der Waals surface area contributed by atoms with Crippen molar-refractivity contribution in [1.29, 1.82) is 0 Å². The molecule has 0 aliphatic carbocycles. The zero-order chi connectivity index (χ0) is 19.8. The summed E-state index contributed by atoms with van der Waals surface area (Å²) in [6.45, 7) is 7.84. The number of hydrogen-bond donors (Lipinski definition) is 1. The molecule has 0 spiro atoms. The molecule has 2 aromatic rings. The van der Waals surface area contributed by atoms with Crippen molar-refractivity contribution in [2.45, 2.75) is 46.2 Å². The number of nitrogens with zero attached hydrogens (tertiary/aromatic N) is 4. The minimum Gasteiger partial charge on any atom is -0.322 e. The van der Waals surface area contributed by atoms with E-state index in [4.69, 9.17) is 11.6 Å². The van der Waals surface area contributed by atoms with Crippen molar-refractivity contribution < 1.29 is 9.59 Å². The summed E-state index contributed by atoms with van der Waals surface area (Å²) in [4.78, 5) is 24.5. The molecule has 1 unspecified atom stereocenters. The number of hydrogen-bond acceptors (Lipinski definition) is 4. The van der Waals surface area contributed by atoms with Gasteiger partial charge in [0.15, 0.2) is 0 Å². The van der Waals surface area contributed by atoms with Crippen molar-refractivity contribution in [2.75, 3.05) is 0 Å². The molecule has 2 heterocycles. The van der Waals surface area contributed by atoms with Gasteiger partial charge in [-0.25, -0.2) is 4.79 Å². The molecule has 0 saturated carbocycles. The third kappa shape index (κ3) is 3.47. The lowest BCUT2D eigenvalue weighted by Gasteiger charge is -2.17. The molecule has 8 heteroatoms. The van der Waals surface area contributed by atoms with Gasteiger partial charge >= 0.3 is 6.03 Å². The molecule has 27 heavy (non-hydrogen) atoms. The van der Waals surface area contributed by atoms with Gasteiger partial charge in [-0.3, -0.25) is 9.48 Å². The number of carbonyl (C=O) groups is 2. The molecule has 0 radical (unpaired) electrons. The fraction of sp³-hybridized carbons (Fsp3) is 0.368. The van der Waals surface area contributed by atoms with Gasteiger partial charge in [-0.15, -0.1) is 5.01 Å². The van der Waals surface area contributed by atoms with Gasteiger partial charge in [-0.2, -0.15) is 10.2 Å². The summed E-state index contributed by atoms with van der Waals surface area (Å²) in [5.41, 5.74) is 2.45. The van der Waals surface area contributed by atoms with Gasteiger partial charge in [0, 0.05) is 16.3 Å². The molecule has 1 atom stereocenters. The minimum atomic E-state index is -0.910. The second-order valence-electron chi connectivity index (χ2n) is 6.81. The van der Waals surface area contributed by atoms with E-state index in [1.807, 2.05) is 49.7 Å². The van der Waals surface area contributed by atoms with E-state index in [0.717, 1.165) is 27.5 Å². The first-order valence-corrected chi connectivity index (χ1v) is 9.12. The van der Waals surface area contributed by atoms with E-state index < -0.39 is 11.6 Å². The number of nitrogens with one attached hydrogen (secondary N) is 1. The number of imide groups is 1. The van der Waals surface area contributed by atoms with Gasteiger partial charge < -0.3 is 5.32 Å². The van der Waals surface area contributed by atoms with Gasteiger partial charge in [0.1, 0.15) is 5.54 Å². The summed E-state index contributed by atoms with van der Waals surface area (Å²) in [5, 5.41) is 12.9. The Balaban J connectivity index is 1.85.